The van der Waals surface area contributed by atoms with Crippen LogP contribution < -0.4 is 9.64 Å². The van der Waals surface area contributed by atoms with E-state index in [9.17, 15) is 9.59 Å². The van der Waals surface area contributed by atoms with E-state index in [4.69, 9.17) is 9.84 Å². The lowest BCUT2D eigenvalue weighted by molar-refractivity contribution is -0.892. The van der Waals surface area contributed by atoms with Crippen molar-refractivity contribution in [2.24, 2.45) is 0 Å². The number of amides is 1. The second-order valence-electron chi connectivity index (χ2n) is 9.90. The third kappa shape index (κ3) is 4.67. The van der Waals surface area contributed by atoms with E-state index in [1.165, 1.54) is 11.3 Å². The lowest BCUT2D eigenvalue weighted by Gasteiger charge is -2.47. The quantitative estimate of drug-likeness (QED) is 0.359. The first-order chi connectivity index (χ1) is 16.2. The number of anilines is 1. The molecule has 2 aliphatic rings. The van der Waals surface area contributed by atoms with Crippen molar-refractivity contribution < 1.29 is 23.9 Å². The second kappa shape index (κ2) is 9.74. The van der Waals surface area contributed by atoms with Gasteiger partial charge in [0.2, 0.25) is 0 Å². The van der Waals surface area contributed by atoms with Crippen LogP contribution in [-0.4, -0.2) is 52.8 Å². The van der Waals surface area contributed by atoms with E-state index < -0.39 is 6.16 Å². The molecule has 34 heavy (non-hydrogen) atoms. The standard InChI is InChI=1S/C27H35N3O4/c1-5-6-26(31)30(4,25-10-8-20-7-9-23(17-24(20)25)34-27(32)33)22-11-13-29(14-12-22)21-15-18(2)28-19(3)16-21/h7,9,15-17,22,25H,5-6,8,10-14H2,1-4H3/p+1. The molecule has 1 aromatic carbocycles. The summed E-state index contributed by atoms with van der Waals surface area (Å²) in [6.07, 6.45) is 3.71. The molecule has 1 fully saturated rings. The summed E-state index contributed by atoms with van der Waals surface area (Å²) in [4.78, 5) is 31.7. The number of aryl methyl sites for hydroxylation is 3. The van der Waals surface area contributed by atoms with Gasteiger partial charge in [0.15, 0.2) is 0 Å². The highest BCUT2D eigenvalue weighted by Gasteiger charge is 2.49. The molecule has 0 bridgehead atoms. The maximum atomic E-state index is 13.7. The van der Waals surface area contributed by atoms with Crippen molar-refractivity contribution in [1.29, 1.82) is 0 Å². The highest BCUT2D eigenvalue weighted by atomic mass is 16.7. The molecule has 2 unspecified atom stereocenters. The largest absolute Gasteiger partial charge is 0.511 e. The van der Waals surface area contributed by atoms with Gasteiger partial charge in [-0.1, -0.05) is 13.0 Å². The molecule has 2 heterocycles. The SMILES string of the molecule is CCCC(=O)[N+](C)(C1CCN(c2cc(C)nc(C)c2)CC1)C1CCc2ccc(OC(=O)O)cc21. The Morgan fingerprint density at radius 3 is 2.41 bits per heavy atom. The molecule has 1 amide bonds. The summed E-state index contributed by atoms with van der Waals surface area (Å²) in [5.41, 5.74) is 5.51. The number of nitrogens with zero attached hydrogens (tertiary/aromatic N) is 3. The molecular formula is C27H36N3O4+. The van der Waals surface area contributed by atoms with Crippen LogP contribution in [-0.2, 0) is 11.2 Å². The Hall–Kier alpha value is -2.93. The number of rotatable bonds is 6. The molecule has 0 saturated carbocycles. The summed E-state index contributed by atoms with van der Waals surface area (Å²) in [5, 5.41) is 9.07. The van der Waals surface area contributed by atoms with E-state index in [-0.39, 0.29) is 18.0 Å². The van der Waals surface area contributed by atoms with Crippen LogP contribution in [0.4, 0.5) is 10.5 Å². The van der Waals surface area contributed by atoms with Gasteiger partial charge in [-0.05, 0) is 56.5 Å². The second-order valence-corrected chi connectivity index (χ2v) is 9.90. The zero-order valence-corrected chi connectivity index (χ0v) is 20.7. The Morgan fingerprint density at radius 1 is 1.12 bits per heavy atom. The molecule has 182 valence electrons. The molecular weight excluding hydrogens is 430 g/mol. The molecule has 2 aromatic rings. The highest BCUT2D eigenvalue weighted by Crippen LogP contribution is 2.45. The highest BCUT2D eigenvalue weighted by molar-refractivity contribution is 5.70. The Kier molecular flexibility index (Phi) is 6.94. The fraction of sp³-hybridized carbons (Fsp3) is 0.519. The van der Waals surface area contributed by atoms with E-state index in [1.807, 2.05) is 26.0 Å². The average molecular weight is 467 g/mol. The van der Waals surface area contributed by atoms with Crippen LogP contribution in [0.5, 0.6) is 5.75 Å². The van der Waals surface area contributed by atoms with Gasteiger partial charge in [-0.15, -0.1) is 0 Å². The Bertz CT molecular complexity index is 1060. The predicted molar refractivity (Wildman–Crippen MR) is 131 cm³/mol. The summed E-state index contributed by atoms with van der Waals surface area (Å²) in [7, 11) is 2.11. The molecule has 1 aliphatic heterocycles. The van der Waals surface area contributed by atoms with Gasteiger partial charge in [0, 0.05) is 55.0 Å². The van der Waals surface area contributed by atoms with Crippen LogP contribution in [0.3, 0.4) is 0 Å². The van der Waals surface area contributed by atoms with Gasteiger partial charge in [0.1, 0.15) is 11.8 Å². The maximum Gasteiger partial charge on any atom is 0.511 e. The normalized spacial score (nSPS) is 20.0. The van der Waals surface area contributed by atoms with Gasteiger partial charge in [-0.25, -0.2) is 9.59 Å². The Balaban J connectivity index is 1.61. The van der Waals surface area contributed by atoms with E-state index in [0.717, 1.165) is 62.1 Å². The number of quaternary nitrogens is 1. The molecule has 1 N–H and O–H groups in total. The number of fused-ring (bicyclic) bond motifs is 1. The van der Waals surface area contributed by atoms with Gasteiger partial charge in [0.25, 0.3) is 0 Å². The van der Waals surface area contributed by atoms with Crippen LogP contribution in [0.15, 0.2) is 30.3 Å². The van der Waals surface area contributed by atoms with Gasteiger partial charge in [0.05, 0.1) is 19.5 Å². The van der Waals surface area contributed by atoms with E-state index in [1.54, 1.807) is 6.07 Å². The summed E-state index contributed by atoms with van der Waals surface area (Å²) >= 11 is 0. The first kappa shape index (κ1) is 24.2. The minimum Gasteiger partial charge on any atom is -0.449 e. The van der Waals surface area contributed by atoms with Crippen molar-refractivity contribution in [1.82, 2.24) is 4.98 Å². The summed E-state index contributed by atoms with van der Waals surface area (Å²) in [6.45, 7) is 7.92. The summed E-state index contributed by atoms with van der Waals surface area (Å²) < 4.78 is 5.34. The molecule has 7 heteroatoms. The fourth-order valence-electron chi connectivity index (χ4n) is 6.02. The van der Waals surface area contributed by atoms with Crippen molar-refractivity contribution in [3.05, 3.63) is 52.8 Å². The van der Waals surface area contributed by atoms with Gasteiger partial charge < -0.3 is 14.7 Å². The zero-order valence-electron chi connectivity index (χ0n) is 20.7. The topological polar surface area (TPSA) is 79.7 Å². The van der Waals surface area contributed by atoms with E-state index in [2.05, 4.69) is 36.0 Å². The van der Waals surface area contributed by atoms with E-state index >= 15 is 0 Å². The van der Waals surface area contributed by atoms with Crippen LogP contribution in [0.25, 0.3) is 0 Å². The first-order valence-electron chi connectivity index (χ1n) is 12.4. The lowest BCUT2D eigenvalue weighted by atomic mass is 9.93. The van der Waals surface area contributed by atoms with Gasteiger partial charge >= 0.3 is 12.1 Å². The van der Waals surface area contributed by atoms with Crippen LogP contribution in [0, 0.1) is 13.8 Å². The molecule has 2 atom stereocenters. The summed E-state index contributed by atoms with van der Waals surface area (Å²) in [5.74, 6) is 0.602. The van der Waals surface area contributed by atoms with Crippen molar-refractivity contribution in [2.75, 3.05) is 25.0 Å². The maximum absolute atomic E-state index is 13.7. The Labute approximate surface area is 201 Å². The number of pyridine rings is 1. The fourth-order valence-corrected chi connectivity index (χ4v) is 6.02. The average Bonchev–Trinajstić information content (AvgIpc) is 3.21. The minimum absolute atomic E-state index is 0.0216. The number of hydrogen-bond donors (Lipinski definition) is 1. The van der Waals surface area contributed by atoms with E-state index in [0.29, 0.717) is 16.7 Å². The molecule has 4 rings (SSSR count). The van der Waals surface area contributed by atoms with Crippen molar-refractivity contribution in [3.8, 4) is 5.75 Å². The summed E-state index contributed by atoms with van der Waals surface area (Å²) in [6, 6.07) is 10.0. The number of ether oxygens (including phenoxy) is 1. The lowest BCUT2D eigenvalue weighted by Crippen LogP contribution is -2.60. The molecule has 7 nitrogen and oxygen atoms in total. The number of carboxylic acid groups (broad SMARTS) is 1. The smallest absolute Gasteiger partial charge is 0.449 e. The number of carbonyl (C=O) groups excluding carboxylic acids is 1. The van der Waals surface area contributed by atoms with Crippen molar-refractivity contribution >= 4 is 17.7 Å². The zero-order chi connectivity index (χ0) is 24.5. The number of piperidine rings is 1. The predicted octanol–water partition coefficient (Wildman–Crippen LogP) is 5.18. The minimum atomic E-state index is -1.32. The van der Waals surface area contributed by atoms with Crippen LogP contribution in [0.2, 0.25) is 0 Å². The third-order valence-corrected chi connectivity index (χ3v) is 7.67. The monoisotopic (exact) mass is 466 g/mol. The third-order valence-electron chi connectivity index (χ3n) is 7.67. The van der Waals surface area contributed by atoms with Gasteiger partial charge in [-0.3, -0.25) is 9.47 Å². The molecule has 1 aromatic heterocycles. The molecule has 1 aliphatic carbocycles. The number of benzene rings is 1. The van der Waals surface area contributed by atoms with Crippen LogP contribution >= 0.6 is 0 Å². The molecule has 0 spiro atoms. The van der Waals surface area contributed by atoms with Crippen molar-refractivity contribution in [2.45, 2.75) is 71.4 Å². The number of aromatic nitrogens is 1. The molecule has 1 saturated heterocycles. The van der Waals surface area contributed by atoms with Gasteiger partial charge in [-0.2, -0.15) is 0 Å². The Morgan fingerprint density at radius 2 is 1.79 bits per heavy atom. The molecule has 0 radical (unpaired) electrons. The van der Waals surface area contributed by atoms with Crippen molar-refractivity contribution in [3.63, 3.8) is 0 Å². The van der Waals surface area contributed by atoms with Crippen LogP contribution in [0.1, 0.15) is 67.6 Å². The number of hydrogen-bond acceptors (Lipinski definition) is 5. The number of carbonyl (C=O) groups is 2. The first-order valence-corrected chi connectivity index (χ1v) is 12.4.